The molecule has 0 atom stereocenters. The van der Waals surface area contributed by atoms with Gasteiger partial charge in [0, 0.05) is 38.1 Å². The summed E-state index contributed by atoms with van der Waals surface area (Å²) in [6, 6.07) is 26.6. The van der Waals surface area contributed by atoms with Crippen LogP contribution in [0.3, 0.4) is 0 Å². The number of aryl methyl sites for hydroxylation is 2. The Bertz CT molecular complexity index is 1550. The van der Waals surface area contributed by atoms with Gasteiger partial charge in [-0.15, -0.1) is 0 Å². The maximum absolute atomic E-state index is 3.69. The monoisotopic (exact) mass is 358 g/mol. The zero-order valence-corrected chi connectivity index (χ0v) is 15.3. The van der Waals surface area contributed by atoms with E-state index in [0.717, 1.165) is 12.8 Å². The summed E-state index contributed by atoms with van der Waals surface area (Å²) >= 11 is 0. The van der Waals surface area contributed by atoms with E-state index in [2.05, 4.69) is 82.8 Å². The van der Waals surface area contributed by atoms with Crippen molar-refractivity contribution in [2.45, 2.75) is 12.8 Å². The lowest BCUT2D eigenvalue weighted by molar-refractivity contribution is 0.951. The van der Waals surface area contributed by atoms with E-state index in [1.54, 1.807) is 0 Å². The predicted octanol–water partition coefficient (Wildman–Crippen LogP) is 6.72. The Morgan fingerprint density at radius 1 is 0.536 bits per heavy atom. The van der Waals surface area contributed by atoms with Crippen LogP contribution < -0.4 is 0 Å². The minimum absolute atomic E-state index is 1.08. The van der Waals surface area contributed by atoms with Crippen LogP contribution in [0.4, 0.5) is 0 Å². The molecule has 132 valence electrons. The Kier molecular flexibility index (Phi) is 2.62. The molecule has 2 aromatic heterocycles. The van der Waals surface area contributed by atoms with Crippen molar-refractivity contribution >= 4 is 43.6 Å². The molecule has 0 bridgehead atoms. The third-order valence-corrected chi connectivity index (χ3v) is 6.45. The minimum atomic E-state index is 1.08. The van der Waals surface area contributed by atoms with Crippen molar-refractivity contribution in [3.8, 4) is 11.1 Å². The number of hydrogen-bond donors (Lipinski definition) is 2. The molecule has 4 aromatic carbocycles. The predicted molar refractivity (Wildman–Crippen MR) is 118 cm³/mol. The molecule has 0 amide bonds. The summed E-state index contributed by atoms with van der Waals surface area (Å²) in [5, 5.41) is 5.31. The number of para-hydroxylation sites is 2. The van der Waals surface area contributed by atoms with Crippen LogP contribution in [0.25, 0.3) is 54.7 Å². The lowest BCUT2D eigenvalue weighted by Crippen LogP contribution is -2.04. The van der Waals surface area contributed by atoms with Crippen LogP contribution in [0, 0.1) is 0 Å². The molecular weight excluding hydrogens is 340 g/mol. The normalized spacial score (nSPS) is 13.4. The largest absolute Gasteiger partial charge is 0.354 e. The van der Waals surface area contributed by atoms with E-state index < -0.39 is 0 Å². The van der Waals surface area contributed by atoms with Gasteiger partial charge in [-0.1, -0.05) is 48.5 Å². The van der Waals surface area contributed by atoms with Crippen molar-refractivity contribution < 1.29 is 0 Å². The molecular formula is C26H18N2. The smallest absolute Gasteiger partial charge is 0.0503 e. The number of fused-ring (bicyclic) bond motifs is 10. The van der Waals surface area contributed by atoms with Crippen LogP contribution in [0.15, 0.2) is 72.8 Å². The first-order chi connectivity index (χ1) is 13.9. The summed E-state index contributed by atoms with van der Waals surface area (Å²) < 4.78 is 0. The maximum Gasteiger partial charge on any atom is 0.0503 e. The number of rotatable bonds is 0. The van der Waals surface area contributed by atoms with Crippen LogP contribution in [0.5, 0.6) is 0 Å². The molecule has 1 aliphatic carbocycles. The second-order valence-corrected chi connectivity index (χ2v) is 7.91. The molecule has 2 heteroatoms. The van der Waals surface area contributed by atoms with E-state index in [-0.39, 0.29) is 0 Å². The summed E-state index contributed by atoms with van der Waals surface area (Å²) in [6.45, 7) is 0. The van der Waals surface area contributed by atoms with Gasteiger partial charge in [0.2, 0.25) is 0 Å². The molecule has 28 heavy (non-hydrogen) atoms. The van der Waals surface area contributed by atoms with Crippen molar-refractivity contribution in [3.63, 3.8) is 0 Å². The summed E-state index contributed by atoms with van der Waals surface area (Å²) in [5.74, 6) is 0. The van der Waals surface area contributed by atoms with Crippen molar-refractivity contribution in [3.05, 3.63) is 83.9 Å². The third kappa shape index (κ3) is 1.77. The van der Waals surface area contributed by atoms with Crippen LogP contribution in [-0.4, -0.2) is 9.97 Å². The number of aromatic nitrogens is 2. The third-order valence-electron chi connectivity index (χ3n) is 6.45. The summed E-state index contributed by atoms with van der Waals surface area (Å²) in [7, 11) is 0. The highest BCUT2D eigenvalue weighted by Crippen LogP contribution is 2.41. The van der Waals surface area contributed by atoms with Gasteiger partial charge in [-0.3, -0.25) is 0 Å². The highest BCUT2D eigenvalue weighted by molar-refractivity contribution is 6.11. The number of hydrogen-bond acceptors (Lipinski definition) is 0. The van der Waals surface area contributed by atoms with Crippen molar-refractivity contribution in [2.24, 2.45) is 0 Å². The van der Waals surface area contributed by atoms with Crippen LogP contribution in [-0.2, 0) is 12.8 Å². The first-order valence-corrected chi connectivity index (χ1v) is 9.93. The maximum atomic E-state index is 3.69. The molecule has 0 fully saturated rings. The number of H-pyrrole nitrogens is 2. The topological polar surface area (TPSA) is 31.6 Å². The zero-order chi connectivity index (χ0) is 18.2. The molecule has 0 saturated heterocycles. The van der Waals surface area contributed by atoms with Crippen LogP contribution in [0.1, 0.15) is 11.1 Å². The average Bonchev–Trinajstić information content (AvgIpc) is 3.30. The zero-order valence-electron chi connectivity index (χ0n) is 15.3. The molecule has 1 aliphatic rings. The molecule has 0 unspecified atom stereocenters. The number of nitrogens with one attached hydrogen (secondary N) is 2. The quantitative estimate of drug-likeness (QED) is 0.302. The molecule has 0 radical (unpaired) electrons. The van der Waals surface area contributed by atoms with E-state index in [9.17, 15) is 0 Å². The summed E-state index contributed by atoms with van der Waals surface area (Å²) in [5.41, 5.74) is 10.6. The van der Waals surface area contributed by atoms with E-state index in [1.165, 1.54) is 65.9 Å². The van der Waals surface area contributed by atoms with Gasteiger partial charge in [0.1, 0.15) is 0 Å². The van der Waals surface area contributed by atoms with Crippen molar-refractivity contribution in [1.82, 2.24) is 9.97 Å². The van der Waals surface area contributed by atoms with Crippen LogP contribution >= 0.6 is 0 Å². The Hall–Kier alpha value is -3.52. The van der Waals surface area contributed by atoms with Gasteiger partial charge in [0.15, 0.2) is 0 Å². The first-order valence-electron chi connectivity index (χ1n) is 9.93. The lowest BCUT2D eigenvalue weighted by Gasteiger charge is -2.21. The Morgan fingerprint density at radius 2 is 1.29 bits per heavy atom. The highest BCUT2D eigenvalue weighted by atomic mass is 14.7. The highest BCUT2D eigenvalue weighted by Gasteiger charge is 2.21. The van der Waals surface area contributed by atoms with E-state index in [1.807, 2.05) is 0 Å². The number of aromatic amines is 2. The second kappa shape index (κ2) is 5.05. The summed E-state index contributed by atoms with van der Waals surface area (Å²) in [4.78, 5) is 7.30. The van der Waals surface area contributed by atoms with E-state index in [0.29, 0.717) is 0 Å². The Labute approximate surface area is 161 Å². The van der Waals surface area contributed by atoms with Crippen molar-refractivity contribution in [2.75, 3.05) is 0 Å². The first kappa shape index (κ1) is 14.5. The molecule has 0 saturated carbocycles. The number of benzene rings is 4. The molecule has 2 heterocycles. The lowest BCUT2D eigenvalue weighted by atomic mass is 9.83. The second-order valence-electron chi connectivity index (χ2n) is 7.91. The molecule has 0 spiro atoms. The molecule has 0 aliphatic heterocycles. The van der Waals surface area contributed by atoms with Crippen LogP contribution in [0.2, 0.25) is 0 Å². The SMILES string of the molecule is c1ccc2c(c1)[nH]c1cc3c(cc12)CCc1c-3ccc2c1[nH]c1ccccc12. The van der Waals surface area contributed by atoms with Gasteiger partial charge < -0.3 is 9.97 Å². The van der Waals surface area contributed by atoms with Gasteiger partial charge in [0.05, 0.1) is 5.52 Å². The van der Waals surface area contributed by atoms with E-state index >= 15 is 0 Å². The fourth-order valence-electron chi connectivity index (χ4n) is 5.15. The average molecular weight is 358 g/mol. The van der Waals surface area contributed by atoms with Gasteiger partial charge in [0.25, 0.3) is 0 Å². The standard InChI is InChI=1S/C26H18N2/c1-4-8-24-17(5-1)20-12-11-16-19(26(20)28-24)10-9-15-13-22-18-6-2-3-7-23(18)27-25(22)14-21(15)16/h1-8,11-14,27-28H,9-10H2. The van der Waals surface area contributed by atoms with Gasteiger partial charge in [-0.2, -0.15) is 0 Å². The Morgan fingerprint density at radius 3 is 2.14 bits per heavy atom. The van der Waals surface area contributed by atoms with Crippen molar-refractivity contribution in [1.29, 1.82) is 0 Å². The fourth-order valence-corrected chi connectivity index (χ4v) is 5.15. The van der Waals surface area contributed by atoms with E-state index in [4.69, 9.17) is 0 Å². The molecule has 2 nitrogen and oxygen atoms in total. The van der Waals surface area contributed by atoms with Gasteiger partial charge in [-0.05, 0) is 59.4 Å². The molecule has 7 rings (SSSR count). The van der Waals surface area contributed by atoms with Gasteiger partial charge in [-0.25, -0.2) is 0 Å². The van der Waals surface area contributed by atoms with Gasteiger partial charge >= 0.3 is 0 Å². The fraction of sp³-hybridized carbons (Fsp3) is 0.0769. The minimum Gasteiger partial charge on any atom is -0.354 e. The Balaban J connectivity index is 1.55. The molecule has 6 aromatic rings. The summed E-state index contributed by atoms with van der Waals surface area (Å²) in [6.07, 6.45) is 2.17. The molecule has 2 N–H and O–H groups in total.